The highest BCUT2D eigenvalue weighted by Crippen LogP contribution is 2.19. The summed E-state index contributed by atoms with van der Waals surface area (Å²) in [6.07, 6.45) is 0.587. The van der Waals surface area contributed by atoms with Gasteiger partial charge in [-0.1, -0.05) is 18.2 Å². The lowest BCUT2D eigenvalue weighted by atomic mass is 10.0. The first-order chi connectivity index (χ1) is 9.97. The topological polar surface area (TPSA) is 55.1 Å². The smallest absolute Gasteiger partial charge is 0.248 e. The lowest BCUT2D eigenvalue weighted by Crippen LogP contribution is -2.19. The van der Waals surface area contributed by atoms with Crippen LogP contribution >= 0.6 is 0 Å². The fourth-order valence-corrected chi connectivity index (χ4v) is 2.29. The average molecular weight is 286 g/mol. The number of carbonyl (C=O) groups is 1. The van der Waals surface area contributed by atoms with Crippen LogP contribution in [-0.4, -0.2) is 11.9 Å². The number of primary amides is 1. The van der Waals surface area contributed by atoms with Gasteiger partial charge in [0.15, 0.2) is 0 Å². The second-order valence-electron chi connectivity index (χ2n) is 5.23. The molecule has 21 heavy (non-hydrogen) atoms. The Bertz CT molecular complexity index is 655. The zero-order valence-electron chi connectivity index (χ0n) is 12.2. The first kappa shape index (κ1) is 15.0. The van der Waals surface area contributed by atoms with Crippen molar-refractivity contribution in [3.63, 3.8) is 0 Å². The summed E-state index contributed by atoms with van der Waals surface area (Å²) in [5.41, 5.74) is 8.28. The van der Waals surface area contributed by atoms with Gasteiger partial charge < -0.3 is 11.1 Å². The zero-order chi connectivity index (χ0) is 15.4. The number of nitrogens with two attached hydrogens (primary N) is 1. The highest BCUT2D eigenvalue weighted by atomic mass is 19.1. The van der Waals surface area contributed by atoms with Gasteiger partial charge in [0.1, 0.15) is 5.82 Å². The number of carbonyl (C=O) groups excluding carboxylic acids is 1. The van der Waals surface area contributed by atoms with Crippen LogP contribution < -0.4 is 11.1 Å². The third kappa shape index (κ3) is 3.81. The SMILES string of the molecule is Cc1cc(C(N)=O)ccc1NC(C)Cc1ccccc1F. The predicted molar refractivity (Wildman–Crippen MR) is 82.9 cm³/mol. The third-order valence-electron chi connectivity index (χ3n) is 3.40. The molecule has 0 radical (unpaired) electrons. The van der Waals surface area contributed by atoms with Gasteiger partial charge in [0, 0.05) is 17.3 Å². The molecule has 4 heteroatoms. The van der Waals surface area contributed by atoms with Gasteiger partial charge in [-0.25, -0.2) is 4.39 Å². The van der Waals surface area contributed by atoms with Crippen molar-refractivity contribution < 1.29 is 9.18 Å². The summed E-state index contributed by atoms with van der Waals surface area (Å²) in [5, 5.41) is 3.33. The summed E-state index contributed by atoms with van der Waals surface area (Å²) in [4.78, 5) is 11.1. The fraction of sp³-hybridized carbons (Fsp3) is 0.235. The van der Waals surface area contributed by atoms with Crippen molar-refractivity contribution in [3.05, 3.63) is 65.0 Å². The van der Waals surface area contributed by atoms with Crippen molar-refractivity contribution >= 4 is 11.6 Å². The molecule has 2 rings (SSSR count). The highest BCUT2D eigenvalue weighted by molar-refractivity contribution is 5.93. The van der Waals surface area contributed by atoms with Crippen molar-refractivity contribution in [1.29, 1.82) is 0 Å². The Morgan fingerprint density at radius 3 is 2.62 bits per heavy atom. The number of halogens is 1. The van der Waals surface area contributed by atoms with Gasteiger partial charge in [-0.15, -0.1) is 0 Å². The molecule has 2 aromatic carbocycles. The van der Waals surface area contributed by atoms with Gasteiger partial charge in [-0.3, -0.25) is 4.79 Å². The monoisotopic (exact) mass is 286 g/mol. The quantitative estimate of drug-likeness (QED) is 0.886. The number of hydrogen-bond acceptors (Lipinski definition) is 2. The van der Waals surface area contributed by atoms with E-state index in [2.05, 4.69) is 5.32 Å². The van der Waals surface area contributed by atoms with E-state index in [0.717, 1.165) is 11.3 Å². The van der Waals surface area contributed by atoms with E-state index in [1.807, 2.05) is 26.0 Å². The molecule has 2 aromatic rings. The van der Waals surface area contributed by atoms with Gasteiger partial charge in [0.2, 0.25) is 5.91 Å². The van der Waals surface area contributed by atoms with Crippen molar-refractivity contribution in [2.75, 3.05) is 5.32 Å². The molecule has 0 bridgehead atoms. The van der Waals surface area contributed by atoms with Crippen LogP contribution in [-0.2, 0) is 6.42 Å². The van der Waals surface area contributed by atoms with Crippen LogP contribution in [0.25, 0.3) is 0 Å². The highest BCUT2D eigenvalue weighted by Gasteiger charge is 2.10. The van der Waals surface area contributed by atoms with E-state index < -0.39 is 5.91 Å². The predicted octanol–water partition coefficient (Wildman–Crippen LogP) is 3.28. The molecule has 1 amide bonds. The minimum Gasteiger partial charge on any atom is -0.382 e. The van der Waals surface area contributed by atoms with Crippen LogP contribution in [0.15, 0.2) is 42.5 Å². The van der Waals surface area contributed by atoms with E-state index in [-0.39, 0.29) is 11.9 Å². The Balaban J connectivity index is 2.08. The van der Waals surface area contributed by atoms with Gasteiger partial charge in [0.25, 0.3) is 0 Å². The summed E-state index contributed by atoms with van der Waals surface area (Å²) in [7, 11) is 0. The Labute approximate surface area is 124 Å². The molecular weight excluding hydrogens is 267 g/mol. The lowest BCUT2D eigenvalue weighted by Gasteiger charge is -2.18. The minimum absolute atomic E-state index is 0.0695. The number of amides is 1. The molecule has 0 saturated heterocycles. The van der Waals surface area contributed by atoms with E-state index in [4.69, 9.17) is 5.73 Å². The first-order valence-corrected chi connectivity index (χ1v) is 6.87. The molecule has 0 aromatic heterocycles. The van der Waals surface area contributed by atoms with Crippen LogP contribution in [0.4, 0.5) is 10.1 Å². The van der Waals surface area contributed by atoms with Crippen LogP contribution in [0.3, 0.4) is 0 Å². The van der Waals surface area contributed by atoms with Crippen molar-refractivity contribution in [1.82, 2.24) is 0 Å². The molecule has 3 N–H and O–H groups in total. The van der Waals surface area contributed by atoms with Crippen LogP contribution in [0, 0.1) is 12.7 Å². The van der Waals surface area contributed by atoms with E-state index in [1.54, 1.807) is 24.3 Å². The Morgan fingerprint density at radius 1 is 1.29 bits per heavy atom. The van der Waals surface area contributed by atoms with E-state index >= 15 is 0 Å². The molecule has 0 spiro atoms. The maximum Gasteiger partial charge on any atom is 0.248 e. The largest absolute Gasteiger partial charge is 0.382 e. The van der Waals surface area contributed by atoms with Crippen molar-refractivity contribution in [3.8, 4) is 0 Å². The molecule has 1 atom stereocenters. The summed E-state index contributed by atoms with van der Waals surface area (Å²) < 4.78 is 13.6. The molecular formula is C17H19FN2O. The van der Waals surface area contributed by atoms with E-state index in [1.165, 1.54) is 6.07 Å². The molecule has 0 aliphatic carbocycles. The third-order valence-corrected chi connectivity index (χ3v) is 3.40. The Kier molecular flexibility index (Phi) is 4.58. The van der Waals surface area contributed by atoms with E-state index in [0.29, 0.717) is 17.5 Å². The Hall–Kier alpha value is -2.36. The molecule has 0 heterocycles. The fourth-order valence-electron chi connectivity index (χ4n) is 2.29. The summed E-state index contributed by atoms with van der Waals surface area (Å²) in [5.74, 6) is -0.629. The van der Waals surface area contributed by atoms with Crippen LogP contribution in [0.2, 0.25) is 0 Å². The van der Waals surface area contributed by atoms with Gasteiger partial charge in [-0.2, -0.15) is 0 Å². The van der Waals surface area contributed by atoms with Gasteiger partial charge in [0.05, 0.1) is 0 Å². The molecule has 110 valence electrons. The number of aryl methyl sites for hydroxylation is 1. The van der Waals surface area contributed by atoms with Gasteiger partial charge >= 0.3 is 0 Å². The minimum atomic E-state index is -0.441. The van der Waals surface area contributed by atoms with Crippen molar-refractivity contribution in [2.45, 2.75) is 26.3 Å². The number of rotatable bonds is 5. The summed E-state index contributed by atoms with van der Waals surface area (Å²) in [6, 6.07) is 12.1. The second kappa shape index (κ2) is 6.39. The van der Waals surface area contributed by atoms with Crippen LogP contribution in [0.5, 0.6) is 0 Å². The zero-order valence-corrected chi connectivity index (χ0v) is 12.2. The van der Waals surface area contributed by atoms with Crippen molar-refractivity contribution in [2.24, 2.45) is 5.73 Å². The molecule has 3 nitrogen and oxygen atoms in total. The maximum atomic E-state index is 13.6. The molecule has 0 aliphatic heterocycles. The molecule has 0 aliphatic rings. The number of anilines is 1. The number of hydrogen-bond donors (Lipinski definition) is 2. The summed E-state index contributed by atoms with van der Waals surface area (Å²) in [6.45, 7) is 3.90. The van der Waals surface area contributed by atoms with E-state index in [9.17, 15) is 9.18 Å². The number of nitrogens with one attached hydrogen (secondary N) is 1. The lowest BCUT2D eigenvalue weighted by molar-refractivity contribution is 0.1000. The second-order valence-corrected chi connectivity index (χ2v) is 5.23. The standard InChI is InChI=1S/C17H19FN2O/c1-11-9-14(17(19)21)7-8-16(11)20-12(2)10-13-5-3-4-6-15(13)18/h3-9,12,20H,10H2,1-2H3,(H2,19,21). The maximum absolute atomic E-state index is 13.6. The molecule has 0 fully saturated rings. The Morgan fingerprint density at radius 2 is 2.00 bits per heavy atom. The number of benzene rings is 2. The van der Waals surface area contributed by atoms with Gasteiger partial charge in [-0.05, 0) is 55.7 Å². The van der Waals surface area contributed by atoms with Crippen LogP contribution in [0.1, 0.15) is 28.4 Å². The molecule has 1 unspecified atom stereocenters. The first-order valence-electron chi connectivity index (χ1n) is 6.87. The normalized spacial score (nSPS) is 12.0. The summed E-state index contributed by atoms with van der Waals surface area (Å²) >= 11 is 0. The average Bonchev–Trinajstić information content (AvgIpc) is 2.43. The molecule has 0 saturated carbocycles.